The molecule has 0 radical (unpaired) electrons. The molecular formula is C6H7ClN4. The van der Waals surface area contributed by atoms with Crippen LogP contribution in [0.4, 0.5) is 0 Å². The van der Waals surface area contributed by atoms with Crippen molar-refractivity contribution < 1.29 is 0 Å². The summed E-state index contributed by atoms with van der Waals surface area (Å²) in [6, 6.07) is 3.26. The minimum Gasteiger partial charge on any atom is -0.308 e. The lowest BCUT2D eigenvalue weighted by atomic mass is 10.3. The molecule has 0 spiro atoms. The van der Waals surface area contributed by atoms with Crippen molar-refractivity contribution in [3.63, 3.8) is 0 Å². The highest BCUT2D eigenvalue weighted by Gasteiger charge is 1.97. The van der Waals surface area contributed by atoms with Gasteiger partial charge in [-0.2, -0.15) is 0 Å². The van der Waals surface area contributed by atoms with Crippen LogP contribution in [0.5, 0.6) is 0 Å². The fraction of sp³-hybridized carbons (Fsp3) is 0. The molecular weight excluding hydrogens is 164 g/mol. The van der Waals surface area contributed by atoms with Gasteiger partial charge < -0.3 is 5.43 Å². The first-order valence-electron chi connectivity index (χ1n) is 2.91. The Bertz CT molecular complexity index is 256. The Hall–Kier alpha value is -1.13. The van der Waals surface area contributed by atoms with E-state index < -0.39 is 0 Å². The lowest BCUT2D eigenvalue weighted by Crippen LogP contribution is -2.30. The predicted octanol–water partition coefficient (Wildman–Crippen LogP) is 0.524. The minimum absolute atomic E-state index is 0.120. The summed E-state index contributed by atoms with van der Waals surface area (Å²) in [4.78, 5) is 3.78. The minimum atomic E-state index is 0.120. The van der Waals surface area contributed by atoms with Crippen LogP contribution in [0.25, 0.3) is 0 Å². The van der Waals surface area contributed by atoms with E-state index in [-0.39, 0.29) is 5.84 Å². The zero-order valence-corrected chi connectivity index (χ0v) is 6.39. The zero-order valence-electron chi connectivity index (χ0n) is 5.63. The van der Waals surface area contributed by atoms with Crippen molar-refractivity contribution in [1.82, 2.24) is 10.4 Å². The zero-order chi connectivity index (χ0) is 8.27. The number of halogens is 1. The lowest BCUT2D eigenvalue weighted by molar-refractivity contribution is 1.01. The van der Waals surface area contributed by atoms with Crippen molar-refractivity contribution in [1.29, 1.82) is 5.41 Å². The van der Waals surface area contributed by atoms with Crippen molar-refractivity contribution in [2.45, 2.75) is 0 Å². The average Bonchev–Trinajstić information content (AvgIpc) is 2.05. The fourth-order valence-electron chi connectivity index (χ4n) is 0.607. The molecule has 1 aromatic heterocycles. The number of hydrogen-bond donors (Lipinski definition) is 3. The third-order valence-electron chi connectivity index (χ3n) is 1.16. The van der Waals surface area contributed by atoms with E-state index >= 15 is 0 Å². The Kier molecular flexibility index (Phi) is 2.40. The normalized spacial score (nSPS) is 9.27. The molecule has 0 aliphatic rings. The maximum Gasteiger partial charge on any atom is 0.141 e. The van der Waals surface area contributed by atoms with Gasteiger partial charge in [-0.1, -0.05) is 11.6 Å². The molecule has 0 atom stereocenters. The number of rotatable bonds is 1. The summed E-state index contributed by atoms with van der Waals surface area (Å²) >= 11 is 5.53. The van der Waals surface area contributed by atoms with Gasteiger partial charge in [-0.3, -0.25) is 5.41 Å². The Labute approximate surface area is 68.9 Å². The number of amidine groups is 1. The van der Waals surface area contributed by atoms with Gasteiger partial charge in [0.25, 0.3) is 0 Å². The Morgan fingerprint density at radius 1 is 1.64 bits per heavy atom. The van der Waals surface area contributed by atoms with Gasteiger partial charge in [0.1, 0.15) is 11.0 Å². The smallest absolute Gasteiger partial charge is 0.141 e. The molecule has 4 nitrogen and oxygen atoms in total. The first-order valence-corrected chi connectivity index (χ1v) is 3.29. The molecule has 0 aliphatic heterocycles. The molecule has 0 aromatic carbocycles. The summed E-state index contributed by atoms with van der Waals surface area (Å²) < 4.78 is 0. The van der Waals surface area contributed by atoms with E-state index in [4.69, 9.17) is 22.9 Å². The van der Waals surface area contributed by atoms with E-state index in [1.54, 1.807) is 12.1 Å². The maximum absolute atomic E-state index is 7.23. The number of hydrogen-bond acceptors (Lipinski definition) is 3. The molecule has 1 aromatic rings. The van der Waals surface area contributed by atoms with E-state index in [1.165, 1.54) is 6.20 Å². The largest absolute Gasteiger partial charge is 0.308 e. The van der Waals surface area contributed by atoms with Crippen LogP contribution in [0.1, 0.15) is 5.56 Å². The quantitative estimate of drug-likeness (QED) is 0.189. The van der Waals surface area contributed by atoms with Gasteiger partial charge >= 0.3 is 0 Å². The number of nitrogens with two attached hydrogens (primary N) is 1. The van der Waals surface area contributed by atoms with Crippen LogP contribution < -0.4 is 11.3 Å². The molecule has 0 amide bonds. The molecule has 0 unspecified atom stereocenters. The molecule has 0 saturated carbocycles. The van der Waals surface area contributed by atoms with Crippen molar-refractivity contribution in [3.8, 4) is 0 Å². The summed E-state index contributed by atoms with van der Waals surface area (Å²) in [7, 11) is 0. The van der Waals surface area contributed by atoms with Crippen LogP contribution in [-0.2, 0) is 0 Å². The van der Waals surface area contributed by atoms with E-state index in [2.05, 4.69) is 10.4 Å². The van der Waals surface area contributed by atoms with Crippen molar-refractivity contribution >= 4 is 17.4 Å². The van der Waals surface area contributed by atoms with E-state index in [0.29, 0.717) is 10.7 Å². The van der Waals surface area contributed by atoms with Gasteiger partial charge in [0.15, 0.2) is 0 Å². The third-order valence-corrected chi connectivity index (χ3v) is 1.38. The summed E-state index contributed by atoms with van der Waals surface area (Å²) in [6.07, 6.45) is 1.48. The number of hydrazine groups is 1. The Morgan fingerprint density at radius 2 is 2.36 bits per heavy atom. The summed E-state index contributed by atoms with van der Waals surface area (Å²) in [5.41, 5.74) is 2.81. The second-order valence-corrected chi connectivity index (χ2v) is 2.28. The molecule has 0 fully saturated rings. The lowest BCUT2D eigenvalue weighted by Gasteiger charge is -2.00. The van der Waals surface area contributed by atoms with Crippen LogP contribution in [0.15, 0.2) is 18.3 Å². The van der Waals surface area contributed by atoms with Crippen molar-refractivity contribution in [2.75, 3.05) is 0 Å². The summed E-state index contributed by atoms with van der Waals surface area (Å²) in [6.45, 7) is 0. The SMILES string of the molecule is N=C(NN)c1ccc(Cl)nc1. The molecule has 0 aliphatic carbocycles. The van der Waals surface area contributed by atoms with Gasteiger partial charge in [-0.05, 0) is 12.1 Å². The number of aromatic nitrogens is 1. The highest BCUT2D eigenvalue weighted by molar-refractivity contribution is 6.29. The van der Waals surface area contributed by atoms with Crippen LogP contribution in [0.3, 0.4) is 0 Å². The van der Waals surface area contributed by atoms with E-state index in [9.17, 15) is 0 Å². The van der Waals surface area contributed by atoms with E-state index in [1.807, 2.05) is 0 Å². The van der Waals surface area contributed by atoms with Gasteiger partial charge in [-0.25, -0.2) is 10.8 Å². The molecule has 11 heavy (non-hydrogen) atoms. The Balaban J connectivity index is 2.90. The molecule has 4 N–H and O–H groups in total. The van der Waals surface area contributed by atoms with Gasteiger partial charge in [0.2, 0.25) is 0 Å². The summed E-state index contributed by atoms with van der Waals surface area (Å²) in [5, 5.41) is 7.63. The first-order chi connectivity index (χ1) is 5.24. The number of pyridine rings is 1. The molecule has 0 bridgehead atoms. The molecule has 5 heteroatoms. The van der Waals surface area contributed by atoms with Crippen LogP contribution in [0.2, 0.25) is 5.15 Å². The van der Waals surface area contributed by atoms with Gasteiger partial charge in [0.05, 0.1) is 0 Å². The summed E-state index contributed by atoms with van der Waals surface area (Å²) in [5.74, 6) is 5.13. The predicted molar refractivity (Wildman–Crippen MR) is 43.4 cm³/mol. The fourth-order valence-corrected chi connectivity index (χ4v) is 0.719. The standard InChI is InChI=1S/C6H7ClN4/c7-5-2-1-4(3-10-5)6(8)11-9/h1-3H,9H2,(H2,8,11). The molecule has 0 saturated heterocycles. The second kappa shape index (κ2) is 3.32. The monoisotopic (exact) mass is 170 g/mol. The van der Waals surface area contributed by atoms with E-state index in [0.717, 1.165) is 0 Å². The van der Waals surface area contributed by atoms with Crippen molar-refractivity contribution in [2.24, 2.45) is 5.84 Å². The van der Waals surface area contributed by atoms with Crippen molar-refractivity contribution in [3.05, 3.63) is 29.0 Å². The third kappa shape index (κ3) is 1.89. The topological polar surface area (TPSA) is 74.8 Å². The number of nitrogens with one attached hydrogen (secondary N) is 2. The maximum atomic E-state index is 7.23. The van der Waals surface area contributed by atoms with Crippen LogP contribution in [-0.4, -0.2) is 10.8 Å². The molecule has 1 heterocycles. The highest BCUT2D eigenvalue weighted by Crippen LogP contribution is 2.04. The molecule has 58 valence electrons. The Morgan fingerprint density at radius 3 is 2.82 bits per heavy atom. The number of nitrogens with zero attached hydrogens (tertiary/aromatic N) is 1. The second-order valence-electron chi connectivity index (χ2n) is 1.89. The van der Waals surface area contributed by atoms with Gasteiger partial charge in [-0.15, -0.1) is 0 Å². The average molecular weight is 171 g/mol. The molecule has 1 rings (SSSR count). The van der Waals surface area contributed by atoms with Gasteiger partial charge in [0, 0.05) is 11.8 Å². The first kappa shape index (κ1) is 7.97. The van der Waals surface area contributed by atoms with Crippen LogP contribution >= 0.6 is 11.6 Å². The van der Waals surface area contributed by atoms with Crippen LogP contribution in [0, 0.1) is 5.41 Å². The highest BCUT2D eigenvalue weighted by atomic mass is 35.5.